The normalized spacial score (nSPS) is 19.2. The van der Waals surface area contributed by atoms with Gasteiger partial charge in [0.25, 0.3) is 17.0 Å². The third-order valence-electron chi connectivity index (χ3n) is 5.28. The van der Waals surface area contributed by atoms with Crippen molar-refractivity contribution in [2.24, 2.45) is 10.9 Å². The van der Waals surface area contributed by atoms with Crippen LogP contribution in [0.4, 0.5) is 5.82 Å². The first-order valence-electron chi connectivity index (χ1n) is 10.9. The van der Waals surface area contributed by atoms with Gasteiger partial charge in [0.2, 0.25) is 0 Å². The van der Waals surface area contributed by atoms with E-state index in [1.807, 2.05) is 0 Å². The Balaban J connectivity index is 1.53. The number of β-lactam (4-membered cyclic amide) rings is 1. The summed E-state index contributed by atoms with van der Waals surface area (Å²) in [6.07, 6.45) is 0. The number of amides is 2. The van der Waals surface area contributed by atoms with Crippen molar-refractivity contribution >= 4 is 75.9 Å². The largest absolute Gasteiger partial charge is 0.477 e. The number of thioether (sulfide) groups is 3. The van der Waals surface area contributed by atoms with E-state index in [1.54, 1.807) is 11.8 Å². The monoisotopic (exact) mass is 597 g/mol. The van der Waals surface area contributed by atoms with Crippen molar-refractivity contribution in [1.29, 1.82) is 0 Å². The average molecular weight is 598 g/mol. The van der Waals surface area contributed by atoms with E-state index in [0.29, 0.717) is 28.1 Å². The fraction of sp³-hybridized carbons (Fsp3) is 0.333. The van der Waals surface area contributed by atoms with Crippen molar-refractivity contribution in [1.82, 2.24) is 20.2 Å². The minimum absolute atomic E-state index is 0.0233. The Morgan fingerprint density at radius 3 is 2.82 bits per heavy atom. The highest BCUT2D eigenvalue weighted by Crippen LogP contribution is 2.47. The number of fused-ring (bicyclic) bond motifs is 1. The number of nitrogens with two attached hydrogens (primary N) is 2. The van der Waals surface area contributed by atoms with Gasteiger partial charge in [-0.25, -0.2) is 14.8 Å². The molecule has 2 amide bonds. The van der Waals surface area contributed by atoms with Gasteiger partial charge >= 0.3 is 5.97 Å². The number of carboxylic acid groups (broad SMARTS) is 1. The van der Waals surface area contributed by atoms with Crippen LogP contribution < -0.4 is 21.5 Å². The number of methoxy groups -OCH3 is 1. The van der Waals surface area contributed by atoms with E-state index in [-0.39, 0.29) is 17.2 Å². The molecule has 0 unspecified atom stereocenters. The topological polar surface area (TPSA) is 206 Å². The second-order valence-corrected chi connectivity index (χ2v) is 12.2. The van der Waals surface area contributed by atoms with Crippen LogP contribution in [0, 0.1) is 0 Å². The summed E-state index contributed by atoms with van der Waals surface area (Å²) in [5.41, 5.74) is 11.4. The molecule has 4 heterocycles. The van der Waals surface area contributed by atoms with Crippen LogP contribution in [-0.2, 0) is 20.1 Å². The quantitative estimate of drug-likeness (QED) is 0.0806. The van der Waals surface area contributed by atoms with Crippen LogP contribution in [0.3, 0.4) is 0 Å². The second-order valence-electron chi connectivity index (χ2n) is 7.70. The molecule has 1 fully saturated rings. The molecule has 7 N–H and O–H groups in total. The first-order chi connectivity index (χ1) is 18.3. The summed E-state index contributed by atoms with van der Waals surface area (Å²) in [4.78, 5) is 48.2. The van der Waals surface area contributed by atoms with E-state index in [2.05, 4.69) is 20.4 Å². The number of hydrogen-bond donors (Lipinski definition) is 5. The summed E-state index contributed by atoms with van der Waals surface area (Å²) < 4.78 is 6.04. The maximum absolute atomic E-state index is 13.0. The lowest BCUT2D eigenvalue weighted by Crippen LogP contribution is -2.71. The van der Waals surface area contributed by atoms with Crippen molar-refractivity contribution < 1.29 is 29.4 Å². The highest BCUT2D eigenvalue weighted by molar-refractivity contribution is 8.07. The van der Waals surface area contributed by atoms with Crippen molar-refractivity contribution in [3.8, 4) is 5.19 Å². The van der Waals surface area contributed by atoms with Crippen LogP contribution in [0.1, 0.15) is 11.4 Å². The van der Waals surface area contributed by atoms with Gasteiger partial charge in [-0.15, -0.1) is 11.8 Å². The third kappa shape index (κ3) is 5.70. The van der Waals surface area contributed by atoms with Crippen LogP contribution in [0.2, 0.25) is 0 Å². The first-order valence-corrected chi connectivity index (χ1v) is 14.8. The second kappa shape index (κ2) is 12.2. The molecule has 13 nitrogen and oxygen atoms in total. The Morgan fingerprint density at radius 2 is 2.16 bits per heavy atom. The van der Waals surface area contributed by atoms with Crippen LogP contribution in [0.25, 0.3) is 0 Å². The van der Waals surface area contributed by atoms with E-state index in [9.17, 15) is 24.7 Å². The Bertz CT molecular complexity index is 1320. The number of nitrogens with one attached hydrogen (secondary N) is 1. The number of oxime groups is 1. The van der Waals surface area contributed by atoms with E-state index in [1.165, 1.54) is 65.1 Å². The van der Waals surface area contributed by atoms with E-state index < -0.39 is 34.9 Å². The predicted octanol–water partition coefficient (Wildman–Crippen LogP) is 0.988. The Labute approximate surface area is 233 Å². The van der Waals surface area contributed by atoms with Gasteiger partial charge in [-0.2, -0.15) is 11.8 Å². The molecule has 1 saturated heterocycles. The van der Waals surface area contributed by atoms with Crippen LogP contribution in [0.5, 0.6) is 5.19 Å². The molecule has 17 heteroatoms. The molecule has 0 radical (unpaired) electrons. The Morgan fingerprint density at radius 1 is 1.37 bits per heavy atom. The number of aromatic nitrogens is 2. The zero-order valence-electron chi connectivity index (χ0n) is 19.8. The van der Waals surface area contributed by atoms with E-state index in [4.69, 9.17) is 16.2 Å². The van der Waals surface area contributed by atoms with E-state index in [0.717, 1.165) is 15.7 Å². The van der Waals surface area contributed by atoms with Gasteiger partial charge in [0.1, 0.15) is 28.6 Å². The molecule has 2 aliphatic heterocycles. The van der Waals surface area contributed by atoms with Crippen LogP contribution >= 0.6 is 46.6 Å². The molecule has 0 bridgehead atoms. The number of aliphatic carboxylic acids is 1. The van der Waals surface area contributed by atoms with Crippen molar-refractivity contribution in [3.63, 3.8) is 0 Å². The lowest BCUT2D eigenvalue weighted by Gasteiger charge is -2.49. The number of carboxylic acids is 1. The summed E-state index contributed by atoms with van der Waals surface area (Å²) in [5.74, 6) is -0.958. The maximum atomic E-state index is 13.0. The number of carbonyl (C=O) groups excluding carboxylic acids is 2. The molecule has 0 aliphatic carbocycles. The van der Waals surface area contributed by atoms with Gasteiger partial charge in [0.15, 0.2) is 5.71 Å². The number of hydrogen-bond acceptors (Lipinski definition) is 14. The number of nitrogen functional groups attached to an aromatic ring is 1. The molecule has 2 aromatic rings. The number of carbonyl (C=O) groups is 3. The van der Waals surface area contributed by atoms with Crippen molar-refractivity contribution in [3.05, 3.63) is 40.2 Å². The highest BCUT2D eigenvalue weighted by atomic mass is 32.2. The summed E-state index contributed by atoms with van der Waals surface area (Å²) in [5, 5.41) is 24.7. The van der Waals surface area contributed by atoms with Crippen molar-refractivity contribution in [2.75, 3.05) is 30.9 Å². The van der Waals surface area contributed by atoms with Gasteiger partial charge in [-0.1, -0.05) is 34.3 Å². The minimum atomic E-state index is -1.26. The molecule has 0 aromatic carbocycles. The van der Waals surface area contributed by atoms with Crippen molar-refractivity contribution in [2.45, 2.75) is 21.4 Å². The molecule has 0 saturated carbocycles. The number of pyridine rings is 1. The van der Waals surface area contributed by atoms with Gasteiger partial charge in [0, 0.05) is 28.7 Å². The van der Waals surface area contributed by atoms with Gasteiger partial charge in [0.05, 0.1) is 17.0 Å². The number of anilines is 1. The highest BCUT2D eigenvalue weighted by Gasteiger charge is 2.54. The zero-order valence-corrected chi connectivity index (χ0v) is 23.1. The SMILES string of the molecule is COc1nc(CSCCN)c(SC2=C(C(=O)O)N3C(=O)[C@@H](NC(=O)/C(=N\O)c4cccc(N)n4)[C@@H]3SC2)s1. The maximum Gasteiger partial charge on any atom is 0.353 e. The number of ether oxygens (including phenoxy) is 1. The fourth-order valence-electron chi connectivity index (χ4n) is 3.61. The predicted molar refractivity (Wildman–Crippen MR) is 146 cm³/mol. The van der Waals surface area contributed by atoms with Crippen LogP contribution in [-0.4, -0.2) is 85.3 Å². The summed E-state index contributed by atoms with van der Waals surface area (Å²) in [6, 6.07) is 3.45. The Kier molecular flexibility index (Phi) is 9.03. The minimum Gasteiger partial charge on any atom is -0.477 e. The summed E-state index contributed by atoms with van der Waals surface area (Å²) in [6.45, 7) is 0.525. The molecular weight excluding hydrogens is 575 g/mol. The van der Waals surface area contributed by atoms with Gasteiger partial charge in [-0.05, 0) is 12.1 Å². The molecule has 202 valence electrons. The van der Waals surface area contributed by atoms with Gasteiger partial charge in [-0.3, -0.25) is 14.5 Å². The molecule has 4 rings (SSSR count). The van der Waals surface area contributed by atoms with Gasteiger partial charge < -0.3 is 31.8 Å². The first kappa shape index (κ1) is 28.0. The molecule has 2 atom stereocenters. The molecule has 38 heavy (non-hydrogen) atoms. The smallest absolute Gasteiger partial charge is 0.353 e. The fourth-order valence-corrected chi connectivity index (χ4v) is 8.20. The number of thiazole rings is 1. The Hall–Kier alpha value is -2.99. The lowest BCUT2D eigenvalue weighted by atomic mass is 10.0. The third-order valence-corrected chi connectivity index (χ3v) is 10.1. The molecular formula is C21H23N7O6S4. The number of nitrogens with zero attached hydrogens (tertiary/aromatic N) is 4. The lowest BCUT2D eigenvalue weighted by molar-refractivity contribution is -0.150. The average Bonchev–Trinajstić information content (AvgIpc) is 3.29. The van der Waals surface area contributed by atoms with Crippen LogP contribution in [0.15, 0.2) is 38.2 Å². The summed E-state index contributed by atoms with van der Waals surface area (Å²) in [7, 11) is 1.51. The molecule has 0 spiro atoms. The molecule has 2 aromatic heterocycles. The molecule has 2 aliphatic rings. The summed E-state index contributed by atoms with van der Waals surface area (Å²) >= 11 is 5.46. The van der Waals surface area contributed by atoms with E-state index >= 15 is 0 Å². The number of rotatable bonds is 11. The standard InChI is InChI=1S/C21H23N7O6S4/c1-34-21-25-10(7-35-6-5-22)20(38-21)37-11-8-36-18-14(17(30)28(18)15(11)19(31)32)26-16(29)13(27-33)9-3-2-4-12(23)24-9/h2-4,14,18,33H,5-8,22H2,1H3,(H2,23,24)(H,26,29)(H,31,32)/b27-13-/t14-,18+/m1/s1. The zero-order chi connectivity index (χ0) is 27.4.